The van der Waals surface area contributed by atoms with E-state index in [0.717, 1.165) is 16.2 Å². The molecule has 0 aliphatic heterocycles. The summed E-state index contributed by atoms with van der Waals surface area (Å²) >= 11 is 3.35. The smallest absolute Gasteiger partial charge is 0.363 e. The van der Waals surface area contributed by atoms with Crippen molar-refractivity contribution >= 4 is 27.6 Å². The highest BCUT2D eigenvalue weighted by Crippen LogP contribution is 2.20. The van der Waals surface area contributed by atoms with Gasteiger partial charge in [-0.15, -0.1) is 0 Å². The van der Waals surface area contributed by atoms with Crippen LogP contribution in [0.15, 0.2) is 34.9 Å². The van der Waals surface area contributed by atoms with Gasteiger partial charge in [-0.3, -0.25) is 14.8 Å². The molecule has 0 atom stereocenters. The van der Waals surface area contributed by atoms with Crippen molar-refractivity contribution in [1.82, 2.24) is 9.78 Å². The number of hydrogen-bond acceptors (Lipinski definition) is 4. The molecule has 19 heavy (non-hydrogen) atoms. The summed E-state index contributed by atoms with van der Waals surface area (Å²) in [5.74, 6) is -1.42. The van der Waals surface area contributed by atoms with Crippen LogP contribution in [0, 0.1) is 10.1 Å². The fourth-order valence-electron chi connectivity index (χ4n) is 1.58. The molecular weight excluding hydrogens is 318 g/mol. The predicted octanol–water partition coefficient (Wildman–Crippen LogP) is 2.30. The van der Waals surface area contributed by atoms with Crippen molar-refractivity contribution in [1.29, 1.82) is 0 Å². The highest BCUT2D eigenvalue weighted by Gasteiger charge is 2.25. The van der Waals surface area contributed by atoms with Crippen molar-refractivity contribution in [2.75, 3.05) is 0 Å². The number of hydrogen-bond donors (Lipinski definition) is 1. The molecule has 0 amide bonds. The lowest BCUT2D eigenvalue weighted by Gasteiger charge is -2.03. The second-order valence-corrected chi connectivity index (χ2v) is 4.57. The van der Waals surface area contributed by atoms with Gasteiger partial charge in [-0.25, -0.2) is 4.79 Å². The number of benzene rings is 1. The molecule has 0 saturated carbocycles. The Morgan fingerprint density at radius 1 is 1.47 bits per heavy atom. The van der Waals surface area contributed by atoms with Gasteiger partial charge in [0.2, 0.25) is 5.69 Å². The quantitative estimate of drug-likeness (QED) is 0.687. The lowest BCUT2D eigenvalue weighted by molar-refractivity contribution is -0.385. The molecule has 1 aromatic carbocycles. The van der Waals surface area contributed by atoms with Gasteiger partial charge in [-0.2, -0.15) is 5.10 Å². The fourth-order valence-corrected chi connectivity index (χ4v) is 1.99. The largest absolute Gasteiger partial charge is 0.476 e. The van der Waals surface area contributed by atoms with Crippen molar-refractivity contribution in [3.63, 3.8) is 0 Å². The second kappa shape index (κ2) is 5.19. The Morgan fingerprint density at radius 2 is 2.16 bits per heavy atom. The zero-order valence-electron chi connectivity index (χ0n) is 9.49. The molecule has 8 heteroatoms. The zero-order valence-corrected chi connectivity index (χ0v) is 11.1. The van der Waals surface area contributed by atoms with Gasteiger partial charge in [-0.05, 0) is 11.6 Å². The van der Waals surface area contributed by atoms with Crippen LogP contribution in [0.4, 0.5) is 5.69 Å². The summed E-state index contributed by atoms with van der Waals surface area (Å²) in [6, 6.07) is 7.29. The lowest BCUT2D eigenvalue weighted by atomic mass is 10.2. The van der Waals surface area contributed by atoms with Crippen LogP contribution in [0.5, 0.6) is 0 Å². The van der Waals surface area contributed by atoms with Gasteiger partial charge in [0.1, 0.15) is 6.20 Å². The topological polar surface area (TPSA) is 98.3 Å². The number of carboxylic acids is 1. The molecule has 1 N–H and O–H groups in total. The predicted molar refractivity (Wildman–Crippen MR) is 69.1 cm³/mol. The maximum atomic E-state index is 10.9. The standard InChI is InChI=1S/C11H8BrN3O4/c12-8-4-2-1-3-7(8)5-14-6-9(15(18)19)10(13-14)11(16)17/h1-4,6H,5H2,(H,16,17). The van der Waals surface area contributed by atoms with Gasteiger partial charge >= 0.3 is 11.7 Å². The Morgan fingerprint density at radius 3 is 2.68 bits per heavy atom. The van der Waals surface area contributed by atoms with Gasteiger partial charge in [-0.1, -0.05) is 34.1 Å². The van der Waals surface area contributed by atoms with Crippen LogP contribution in [-0.2, 0) is 6.54 Å². The molecule has 0 aliphatic rings. The van der Waals surface area contributed by atoms with E-state index in [0.29, 0.717) is 0 Å². The first-order valence-electron chi connectivity index (χ1n) is 5.17. The van der Waals surface area contributed by atoms with Crippen molar-refractivity contribution in [2.24, 2.45) is 0 Å². The Bertz CT molecular complexity index is 622. The van der Waals surface area contributed by atoms with Crippen LogP contribution >= 0.6 is 15.9 Å². The summed E-state index contributed by atoms with van der Waals surface area (Å²) in [4.78, 5) is 20.9. The Hall–Kier alpha value is -2.22. The number of carboxylic acid groups (broad SMARTS) is 1. The van der Waals surface area contributed by atoms with E-state index in [9.17, 15) is 14.9 Å². The summed E-state index contributed by atoms with van der Waals surface area (Å²) in [5, 5.41) is 23.3. The Balaban J connectivity index is 2.37. The molecule has 0 unspecified atom stereocenters. The molecule has 0 saturated heterocycles. The number of nitro groups is 1. The highest BCUT2D eigenvalue weighted by atomic mass is 79.9. The van der Waals surface area contributed by atoms with Crippen LogP contribution in [0.1, 0.15) is 16.1 Å². The number of aromatic carboxylic acids is 1. The molecule has 2 rings (SSSR count). The van der Waals surface area contributed by atoms with Crippen LogP contribution in [0.2, 0.25) is 0 Å². The number of nitrogens with zero attached hydrogens (tertiary/aromatic N) is 3. The summed E-state index contributed by atoms with van der Waals surface area (Å²) in [6.45, 7) is 0.246. The van der Waals surface area contributed by atoms with Crippen LogP contribution in [0.25, 0.3) is 0 Å². The van der Waals surface area contributed by atoms with Crippen molar-refractivity contribution in [2.45, 2.75) is 6.54 Å². The summed E-state index contributed by atoms with van der Waals surface area (Å²) in [5.41, 5.74) is -0.228. The summed E-state index contributed by atoms with van der Waals surface area (Å²) in [7, 11) is 0. The molecular formula is C11H8BrN3O4. The summed E-state index contributed by atoms with van der Waals surface area (Å²) in [6.07, 6.45) is 1.11. The number of carbonyl (C=O) groups is 1. The minimum absolute atomic E-state index is 0.246. The van der Waals surface area contributed by atoms with E-state index < -0.39 is 22.3 Å². The first kappa shape index (κ1) is 13.2. The molecule has 7 nitrogen and oxygen atoms in total. The normalized spacial score (nSPS) is 10.4. The van der Waals surface area contributed by atoms with Gasteiger partial charge in [0, 0.05) is 4.47 Å². The second-order valence-electron chi connectivity index (χ2n) is 3.71. The molecule has 0 spiro atoms. The molecule has 0 bridgehead atoms. The van der Waals surface area contributed by atoms with Crippen LogP contribution in [0.3, 0.4) is 0 Å². The molecule has 1 heterocycles. The molecule has 0 fully saturated rings. The lowest BCUT2D eigenvalue weighted by Crippen LogP contribution is -2.04. The van der Waals surface area contributed by atoms with Crippen molar-refractivity contribution in [3.05, 3.63) is 56.3 Å². The SMILES string of the molecule is O=C(O)c1nn(Cc2ccccc2Br)cc1[N+](=O)[O-]. The number of halogens is 1. The van der Waals surface area contributed by atoms with E-state index in [1.165, 1.54) is 4.68 Å². The van der Waals surface area contributed by atoms with Gasteiger partial charge in [0.15, 0.2) is 0 Å². The number of aromatic nitrogens is 2. The minimum Gasteiger partial charge on any atom is -0.476 e. The molecule has 1 aromatic heterocycles. The van der Waals surface area contributed by atoms with E-state index in [2.05, 4.69) is 21.0 Å². The maximum Gasteiger partial charge on any atom is 0.363 e. The molecule has 0 radical (unpaired) electrons. The average molecular weight is 326 g/mol. The van der Waals surface area contributed by atoms with Crippen molar-refractivity contribution < 1.29 is 14.8 Å². The maximum absolute atomic E-state index is 10.9. The van der Waals surface area contributed by atoms with E-state index in [1.54, 1.807) is 0 Å². The van der Waals surface area contributed by atoms with Gasteiger partial charge < -0.3 is 5.11 Å². The van der Waals surface area contributed by atoms with Crippen LogP contribution in [-0.4, -0.2) is 25.8 Å². The van der Waals surface area contributed by atoms with Gasteiger partial charge in [0.25, 0.3) is 0 Å². The Labute approximate surface area is 115 Å². The summed E-state index contributed by atoms with van der Waals surface area (Å²) < 4.78 is 2.06. The monoisotopic (exact) mass is 325 g/mol. The van der Waals surface area contributed by atoms with Crippen molar-refractivity contribution in [3.8, 4) is 0 Å². The first-order chi connectivity index (χ1) is 8.99. The van der Waals surface area contributed by atoms with E-state index in [1.807, 2.05) is 24.3 Å². The molecule has 2 aromatic rings. The Kier molecular flexibility index (Phi) is 3.61. The third-order valence-electron chi connectivity index (χ3n) is 2.43. The molecule has 0 aliphatic carbocycles. The third kappa shape index (κ3) is 2.79. The zero-order chi connectivity index (χ0) is 14.0. The van der Waals surface area contributed by atoms with Crippen LogP contribution < -0.4 is 0 Å². The highest BCUT2D eigenvalue weighted by molar-refractivity contribution is 9.10. The minimum atomic E-state index is -1.42. The van der Waals surface area contributed by atoms with E-state index in [4.69, 9.17) is 5.11 Å². The number of rotatable bonds is 4. The van der Waals surface area contributed by atoms with Gasteiger partial charge in [0.05, 0.1) is 11.5 Å². The van der Waals surface area contributed by atoms with E-state index >= 15 is 0 Å². The fraction of sp³-hybridized carbons (Fsp3) is 0.0909. The van der Waals surface area contributed by atoms with E-state index in [-0.39, 0.29) is 6.54 Å². The average Bonchev–Trinajstić information content (AvgIpc) is 2.76. The molecule has 98 valence electrons. The first-order valence-corrected chi connectivity index (χ1v) is 5.97. The third-order valence-corrected chi connectivity index (χ3v) is 3.21.